The van der Waals surface area contributed by atoms with Gasteiger partial charge in [-0.25, -0.2) is 14.4 Å². The second-order valence-corrected chi connectivity index (χ2v) is 8.54. The zero-order valence-electron chi connectivity index (χ0n) is 18.5. The number of nitrogens with zero attached hydrogens (tertiary/aromatic N) is 3. The lowest BCUT2D eigenvalue weighted by molar-refractivity contribution is 0.0951. The van der Waals surface area contributed by atoms with Crippen LogP contribution in [0.15, 0.2) is 67.1 Å². The SMILES string of the molecule is Cc1ccc(C(CNC(=O)c2cn(-c3ncccn3)c3cccc(F)c23)CC(C)C)cc1. The average Bonchev–Trinajstić information content (AvgIpc) is 3.18. The minimum absolute atomic E-state index is 0.176. The van der Waals surface area contributed by atoms with Gasteiger partial charge in [-0.15, -0.1) is 0 Å². The molecule has 0 aliphatic heterocycles. The zero-order chi connectivity index (χ0) is 22.7. The number of halogens is 1. The number of carbonyl (C=O) groups is 1. The summed E-state index contributed by atoms with van der Waals surface area (Å²) in [6, 6.07) is 14.9. The molecule has 0 saturated heterocycles. The van der Waals surface area contributed by atoms with Gasteiger partial charge in [-0.05, 0) is 43.0 Å². The topological polar surface area (TPSA) is 59.8 Å². The van der Waals surface area contributed by atoms with Gasteiger partial charge in [-0.3, -0.25) is 9.36 Å². The van der Waals surface area contributed by atoms with E-state index >= 15 is 0 Å². The van der Waals surface area contributed by atoms with Crippen molar-refractivity contribution < 1.29 is 9.18 Å². The molecule has 2 aromatic carbocycles. The molecule has 2 aromatic heterocycles. The predicted octanol–water partition coefficient (Wildman–Crippen LogP) is 5.43. The Kier molecular flexibility index (Phi) is 6.30. The number of aryl methyl sites for hydroxylation is 1. The number of fused-ring (bicyclic) bond motifs is 1. The van der Waals surface area contributed by atoms with Gasteiger partial charge >= 0.3 is 0 Å². The lowest BCUT2D eigenvalue weighted by Crippen LogP contribution is -2.29. The first-order valence-electron chi connectivity index (χ1n) is 10.9. The van der Waals surface area contributed by atoms with Crippen LogP contribution in [0.4, 0.5) is 4.39 Å². The van der Waals surface area contributed by atoms with Crippen molar-refractivity contribution in [1.29, 1.82) is 0 Å². The smallest absolute Gasteiger partial charge is 0.253 e. The highest BCUT2D eigenvalue weighted by molar-refractivity contribution is 6.07. The summed E-state index contributed by atoms with van der Waals surface area (Å²) in [4.78, 5) is 21.7. The molecule has 0 spiro atoms. The number of nitrogens with one attached hydrogen (secondary N) is 1. The van der Waals surface area contributed by atoms with Gasteiger partial charge in [0.1, 0.15) is 5.82 Å². The Morgan fingerprint density at radius 2 is 1.78 bits per heavy atom. The third kappa shape index (κ3) is 4.54. The quantitative estimate of drug-likeness (QED) is 0.425. The van der Waals surface area contributed by atoms with Crippen LogP contribution in [-0.4, -0.2) is 27.0 Å². The molecular weight excluding hydrogens is 403 g/mol. The fourth-order valence-corrected chi connectivity index (χ4v) is 4.05. The highest BCUT2D eigenvalue weighted by atomic mass is 19.1. The minimum Gasteiger partial charge on any atom is -0.351 e. The molecule has 0 bridgehead atoms. The van der Waals surface area contributed by atoms with E-state index in [9.17, 15) is 9.18 Å². The molecule has 164 valence electrons. The molecule has 1 N–H and O–H groups in total. The van der Waals surface area contributed by atoms with Crippen LogP contribution in [0.25, 0.3) is 16.9 Å². The molecule has 1 atom stereocenters. The highest BCUT2D eigenvalue weighted by Crippen LogP contribution is 2.27. The van der Waals surface area contributed by atoms with Gasteiger partial charge in [0.15, 0.2) is 0 Å². The maximum atomic E-state index is 14.8. The molecule has 0 radical (unpaired) electrons. The van der Waals surface area contributed by atoms with Gasteiger partial charge in [-0.1, -0.05) is 49.7 Å². The summed E-state index contributed by atoms with van der Waals surface area (Å²) in [5.41, 5.74) is 3.22. The van der Waals surface area contributed by atoms with Crippen molar-refractivity contribution in [2.24, 2.45) is 5.92 Å². The van der Waals surface area contributed by atoms with Crippen molar-refractivity contribution >= 4 is 16.8 Å². The van der Waals surface area contributed by atoms with E-state index in [0.29, 0.717) is 23.9 Å². The number of amides is 1. The number of rotatable bonds is 7. The third-order valence-corrected chi connectivity index (χ3v) is 5.60. The Hall–Kier alpha value is -3.54. The highest BCUT2D eigenvalue weighted by Gasteiger charge is 2.21. The molecule has 2 heterocycles. The average molecular weight is 431 g/mol. The second kappa shape index (κ2) is 9.30. The van der Waals surface area contributed by atoms with Crippen molar-refractivity contribution in [3.63, 3.8) is 0 Å². The van der Waals surface area contributed by atoms with Crippen molar-refractivity contribution in [3.8, 4) is 5.95 Å². The molecule has 1 amide bonds. The predicted molar refractivity (Wildman–Crippen MR) is 125 cm³/mol. The fraction of sp³-hybridized carbons (Fsp3) is 0.269. The lowest BCUT2D eigenvalue weighted by Gasteiger charge is -2.20. The van der Waals surface area contributed by atoms with Crippen LogP contribution < -0.4 is 5.32 Å². The van der Waals surface area contributed by atoms with Crippen molar-refractivity contribution in [2.45, 2.75) is 33.1 Å². The molecular formula is C26H27FN4O. The Morgan fingerprint density at radius 1 is 1.06 bits per heavy atom. The van der Waals surface area contributed by atoms with Gasteiger partial charge in [0.05, 0.1) is 11.1 Å². The summed E-state index contributed by atoms with van der Waals surface area (Å²) < 4.78 is 16.4. The molecule has 0 fully saturated rings. The number of aromatic nitrogens is 3. The van der Waals surface area contributed by atoms with E-state index in [2.05, 4.69) is 60.3 Å². The molecule has 32 heavy (non-hydrogen) atoms. The van der Waals surface area contributed by atoms with Gasteiger partial charge in [0.25, 0.3) is 5.91 Å². The first-order chi connectivity index (χ1) is 15.4. The summed E-state index contributed by atoms with van der Waals surface area (Å²) in [5.74, 6) is 0.290. The first kappa shape index (κ1) is 21.7. The zero-order valence-corrected chi connectivity index (χ0v) is 18.5. The summed E-state index contributed by atoms with van der Waals surface area (Å²) in [6.07, 6.45) is 5.79. The normalized spacial score (nSPS) is 12.3. The molecule has 4 aromatic rings. The molecule has 0 aliphatic carbocycles. The van der Waals surface area contributed by atoms with Crippen LogP contribution in [-0.2, 0) is 0 Å². The van der Waals surface area contributed by atoms with Crippen LogP contribution in [0.1, 0.15) is 47.7 Å². The monoisotopic (exact) mass is 430 g/mol. The number of benzene rings is 2. The maximum absolute atomic E-state index is 14.8. The van der Waals surface area contributed by atoms with E-state index in [1.807, 2.05) is 0 Å². The standard InChI is InChI=1S/C26H27FN4O/c1-17(2)14-20(19-10-8-18(3)9-11-19)15-30-25(32)21-16-31(26-28-12-5-13-29-26)23-7-4-6-22(27)24(21)23/h4-13,16-17,20H,14-15H2,1-3H3,(H,30,32). The van der Waals surface area contributed by atoms with E-state index in [1.54, 1.807) is 41.4 Å². The van der Waals surface area contributed by atoms with Crippen LogP contribution in [0.5, 0.6) is 0 Å². The van der Waals surface area contributed by atoms with E-state index in [0.717, 1.165) is 6.42 Å². The number of hydrogen-bond donors (Lipinski definition) is 1. The Balaban J connectivity index is 1.64. The molecule has 0 aliphatic rings. The van der Waals surface area contributed by atoms with Gasteiger partial charge < -0.3 is 5.32 Å². The summed E-state index contributed by atoms with van der Waals surface area (Å²) in [7, 11) is 0. The minimum atomic E-state index is -0.445. The van der Waals surface area contributed by atoms with E-state index in [4.69, 9.17) is 0 Å². The van der Waals surface area contributed by atoms with E-state index < -0.39 is 5.82 Å². The van der Waals surface area contributed by atoms with E-state index in [-0.39, 0.29) is 22.8 Å². The molecule has 4 rings (SSSR count). The van der Waals surface area contributed by atoms with Gasteiger partial charge in [0, 0.05) is 36.4 Å². The van der Waals surface area contributed by atoms with Crippen LogP contribution >= 0.6 is 0 Å². The van der Waals surface area contributed by atoms with Crippen LogP contribution in [0, 0.1) is 18.7 Å². The van der Waals surface area contributed by atoms with E-state index in [1.165, 1.54) is 17.2 Å². The Morgan fingerprint density at radius 3 is 2.47 bits per heavy atom. The van der Waals surface area contributed by atoms with Gasteiger partial charge in [-0.2, -0.15) is 0 Å². The molecule has 0 saturated carbocycles. The lowest BCUT2D eigenvalue weighted by atomic mass is 9.89. The van der Waals surface area contributed by atoms with Crippen molar-refractivity contribution in [1.82, 2.24) is 19.9 Å². The second-order valence-electron chi connectivity index (χ2n) is 8.54. The Labute approximate surface area is 187 Å². The molecule has 5 nitrogen and oxygen atoms in total. The van der Waals surface area contributed by atoms with Crippen molar-refractivity contribution in [2.75, 3.05) is 6.54 Å². The van der Waals surface area contributed by atoms with Crippen LogP contribution in [0.3, 0.4) is 0 Å². The Bertz CT molecular complexity index is 1220. The van der Waals surface area contributed by atoms with Gasteiger partial charge in [0.2, 0.25) is 5.95 Å². The summed E-state index contributed by atoms with van der Waals surface area (Å²) in [5, 5.41) is 3.31. The first-order valence-corrected chi connectivity index (χ1v) is 10.9. The maximum Gasteiger partial charge on any atom is 0.253 e. The number of carbonyl (C=O) groups excluding carboxylic acids is 1. The summed E-state index contributed by atoms with van der Waals surface area (Å²) >= 11 is 0. The third-order valence-electron chi connectivity index (χ3n) is 5.60. The largest absolute Gasteiger partial charge is 0.351 e. The fourth-order valence-electron chi connectivity index (χ4n) is 4.05. The van der Waals surface area contributed by atoms with Crippen molar-refractivity contribution in [3.05, 3.63) is 89.6 Å². The molecule has 6 heteroatoms. The number of hydrogen-bond acceptors (Lipinski definition) is 3. The van der Waals surface area contributed by atoms with Crippen LogP contribution in [0.2, 0.25) is 0 Å². The summed E-state index contributed by atoms with van der Waals surface area (Å²) in [6.45, 7) is 6.88. The molecule has 1 unspecified atom stereocenters.